The molecule has 6 heteroatoms. The maximum absolute atomic E-state index is 11.3. The Morgan fingerprint density at radius 2 is 1.65 bits per heavy atom. The molecule has 2 aromatic rings. The lowest BCUT2D eigenvalue weighted by Gasteiger charge is -2.07. The van der Waals surface area contributed by atoms with Gasteiger partial charge in [0.25, 0.3) is 0 Å². The van der Waals surface area contributed by atoms with Crippen LogP contribution in [0.15, 0.2) is 51.8 Å². The van der Waals surface area contributed by atoms with Crippen molar-refractivity contribution in [3.05, 3.63) is 52.5 Å². The molecule has 0 unspecified atom stereocenters. The van der Waals surface area contributed by atoms with Gasteiger partial charge in [0.1, 0.15) is 11.5 Å². The molecule has 2 rings (SSSR count). The van der Waals surface area contributed by atoms with Crippen molar-refractivity contribution in [2.24, 2.45) is 0 Å². The van der Waals surface area contributed by atoms with Crippen molar-refractivity contribution >= 4 is 32.1 Å². The molecule has 0 radical (unpaired) electrons. The van der Waals surface area contributed by atoms with Crippen LogP contribution >= 0.6 is 15.9 Å². The van der Waals surface area contributed by atoms with Gasteiger partial charge in [0.05, 0.1) is 4.90 Å². The van der Waals surface area contributed by atoms with Crippen LogP contribution in [0, 0.1) is 0 Å². The molecule has 20 heavy (non-hydrogen) atoms. The van der Waals surface area contributed by atoms with Gasteiger partial charge in [-0.05, 0) is 58.4 Å². The summed E-state index contributed by atoms with van der Waals surface area (Å²) in [6.07, 6.45) is 1.90. The summed E-state index contributed by atoms with van der Waals surface area (Å²) in [5.74, 6) is 1.07. The Balaban J connectivity index is 2.22. The molecule has 0 aromatic heterocycles. The fourth-order valence-corrected chi connectivity index (χ4v) is 2.64. The third-order valence-electron chi connectivity index (χ3n) is 2.59. The van der Waals surface area contributed by atoms with Crippen LogP contribution in [0.2, 0.25) is 0 Å². The number of ether oxygens (including phenoxy) is 1. The van der Waals surface area contributed by atoms with Gasteiger partial charge in [-0.2, -0.15) is 0 Å². The maximum atomic E-state index is 11.3. The highest BCUT2D eigenvalue weighted by Gasteiger charge is 2.07. The van der Waals surface area contributed by atoms with Crippen LogP contribution in [-0.4, -0.2) is 21.0 Å². The zero-order chi connectivity index (χ0) is 14.8. The average Bonchev–Trinajstić information content (AvgIpc) is 2.38. The van der Waals surface area contributed by atoms with Crippen molar-refractivity contribution in [2.75, 3.05) is 6.26 Å². The summed E-state index contributed by atoms with van der Waals surface area (Å²) in [6, 6.07) is 11.1. The van der Waals surface area contributed by atoms with Crippen LogP contribution in [0.3, 0.4) is 0 Å². The second-order valence-electron chi connectivity index (χ2n) is 4.15. The molecule has 0 fully saturated rings. The zero-order valence-corrected chi connectivity index (χ0v) is 12.9. The molecular formula is C14H11BrO4S. The first-order chi connectivity index (χ1) is 9.40. The van der Waals surface area contributed by atoms with Gasteiger partial charge in [-0.25, -0.2) is 8.42 Å². The summed E-state index contributed by atoms with van der Waals surface area (Å²) >= 11 is 3.27. The molecule has 0 spiro atoms. The standard InChI is InChI=1S/C14H11BrO4S/c1-20(17,18)13-6-4-11(5-7-13)19-12-3-2-10(9-16)14(15)8-12/h2-9H,1H3. The van der Waals surface area contributed by atoms with Gasteiger partial charge in [-0.1, -0.05) is 0 Å². The largest absolute Gasteiger partial charge is 0.457 e. The van der Waals surface area contributed by atoms with Crippen LogP contribution < -0.4 is 4.74 Å². The fraction of sp³-hybridized carbons (Fsp3) is 0.0714. The Hall–Kier alpha value is -1.66. The quantitative estimate of drug-likeness (QED) is 0.788. The highest BCUT2D eigenvalue weighted by Crippen LogP contribution is 2.27. The Morgan fingerprint density at radius 1 is 1.05 bits per heavy atom. The first kappa shape index (κ1) is 14.7. The van der Waals surface area contributed by atoms with Crippen LogP contribution in [0.25, 0.3) is 0 Å². The number of aldehydes is 1. The van der Waals surface area contributed by atoms with E-state index in [4.69, 9.17) is 4.74 Å². The molecule has 0 N–H and O–H groups in total. The van der Waals surface area contributed by atoms with E-state index in [1.54, 1.807) is 30.3 Å². The molecule has 0 saturated heterocycles. The summed E-state index contributed by atoms with van der Waals surface area (Å²) < 4.78 is 28.9. The molecule has 0 heterocycles. The first-order valence-corrected chi connectivity index (χ1v) is 8.31. The van der Waals surface area contributed by atoms with Crippen molar-refractivity contribution < 1.29 is 17.9 Å². The van der Waals surface area contributed by atoms with E-state index in [1.165, 1.54) is 12.1 Å². The third-order valence-corrected chi connectivity index (χ3v) is 4.40. The lowest BCUT2D eigenvalue weighted by molar-refractivity contribution is 0.112. The van der Waals surface area contributed by atoms with E-state index in [-0.39, 0.29) is 4.90 Å². The van der Waals surface area contributed by atoms with Crippen LogP contribution in [0.1, 0.15) is 10.4 Å². The summed E-state index contributed by atoms with van der Waals surface area (Å²) in [7, 11) is -3.21. The smallest absolute Gasteiger partial charge is 0.175 e. The molecule has 4 nitrogen and oxygen atoms in total. The fourth-order valence-electron chi connectivity index (χ4n) is 1.56. The summed E-state index contributed by atoms with van der Waals surface area (Å²) in [5.41, 5.74) is 0.532. The minimum Gasteiger partial charge on any atom is -0.457 e. The van der Waals surface area contributed by atoms with E-state index in [0.717, 1.165) is 12.5 Å². The Kier molecular flexibility index (Phi) is 4.25. The minimum atomic E-state index is -3.21. The van der Waals surface area contributed by atoms with Gasteiger partial charge >= 0.3 is 0 Å². The molecule has 0 aliphatic carbocycles. The number of benzene rings is 2. The summed E-state index contributed by atoms with van der Waals surface area (Å²) in [6.45, 7) is 0. The first-order valence-electron chi connectivity index (χ1n) is 5.63. The van der Waals surface area contributed by atoms with E-state index in [1.807, 2.05) is 0 Å². The minimum absolute atomic E-state index is 0.238. The number of halogens is 1. The van der Waals surface area contributed by atoms with Crippen molar-refractivity contribution in [1.29, 1.82) is 0 Å². The lowest BCUT2D eigenvalue weighted by atomic mass is 10.2. The molecule has 0 bridgehead atoms. The van der Waals surface area contributed by atoms with Crippen LogP contribution in [-0.2, 0) is 9.84 Å². The lowest BCUT2D eigenvalue weighted by Crippen LogP contribution is -1.96. The molecule has 0 atom stereocenters. The van der Waals surface area contributed by atoms with E-state index < -0.39 is 9.84 Å². The van der Waals surface area contributed by atoms with Crippen molar-refractivity contribution in [3.8, 4) is 11.5 Å². The Morgan fingerprint density at radius 3 is 2.15 bits per heavy atom. The van der Waals surface area contributed by atoms with E-state index in [0.29, 0.717) is 21.5 Å². The number of hydrogen-bond donors (Lipinski definition) is 0. The predicted molar refractivity (Wildman–Crippen MR) is 79.2 cm³/mol. The Bertz CT molecular complexity index is 736. The monoisotopic (exact) mass is 354 g/mol. The number of carbonyl (C=O) groups excluding carboxylic acids is 1. The Labute approximate surface area is 125 Å². The van der Waals surface area contributed by atoms with Crippen molar-refractivity contribution in [2.45, 2.75) is 4.90 Å². The number of rotatable bonds is 4. The van der Waals surface area contributed by atoms with Crippen molar-refractivity contribution in [3.63, 3.8) is 0 Å². The molecule has 2 aromatic carbocycles. The molecule has 0 saturated carbocycles. The SMILES string of the molecule is CS(=O)(=O)c1ccc(Oc2ccc(C=O)c(Br)c2)cc1. The molecular weight excluding hydrogens is 344 g/mol. The number of carbonyl (C=O) groups is 1. The van der Waals surface area contributed by atoms with Gasteiger partial charge in [0.15, 0.2) is 16.1 Å². The van der Waals surface area contributed by atoms with Crippen LogP contribution in [0.4, 0.5) is 0 Å². The number of hydrogen-bond acceptors (Lipinski definition) is 4. The highest BCUT2D eigenvalue weighted by atomic mass is 79.9. The predicted octanol–water partition coefficient (Wildman–Crippen LogP) is 3.46. The molecule has 104 valence electrons. The second-order valence-corrected chi connectivity index (χ2v) is 7.02. The van der Waals surface area contributed by atoms with Gasteiger partial charge in [0.2, 0.25) is 0 Å². The van der Waals surface area contributed by atoms with Gasteiger partial charge < -0.3 is 4.74 Å². The number of sulfone groups is 1. The average molecular weight is 355 g/mol. The zero-order valence-electron chi connectivity index (χ0n) is 10.5. The van der Waals surface area contributed by atoms with Crippen molar-refractivity contribution in [1.82, 2.24) is 0 Å². The van der Waals surface area contributed by atoms with Gasteiger partial charge in [0, 0.05) is 16.3 Å². The molecule has 0 aliphatic rings. The second kappa shape index (κ2) is 5.76. The highest BCUT2D eigenvalue weighted by molar-refractivity contribution is 9.10. The van der Waals surface area contributed by atoms with Gasteiger partial charge in [-0.15, -0.1) is 0 Å². The summed E-state index contributed by atoms with van der Waals surface area (Å²) in [5, 5.41) is 0. The van der Waals surface area contributed by atoms with E-state index in [9.17, 15) is 13.2 Å². The summed E-state index contributed by atoms with van der Waals surface area (Å²) in [4.78, 5) is 10.9. The topological polar surface area (TPSA) is 60.4 Å². The molecule has 0 aliphatic heterocycles. The van der Waals surface area contributed by atoms with E-state index in [2.05, 4.69) is 15.9 Å². The van der Waals surface area contributed by atoms with Crippen LogP contribution in [0.5, 0.6) is 11.5 Å². The normalized spacial score (nSPS) is 11.1. The van der Waals surface area contributed by atoms with E-state index >= 15 is 0 Å². The maximum Gasteiger partial charge on any atom is 0.175 e. The molecule has 0 amide bonds. The van der Waals surface area contributed by atoms with Gasteiger partial charge in [-0.3, -0.25) is 4.79 Å². The third kappa shape index (κ3) is 3.46.